The van der Waals surface area contributed by atoms with E-state index < -0.39 is 15.8 Å². The number of rotatable bonds is 4. The lowest BCUT2D eigenvalue weighted by atomic mass is 10.2. The molecule has 0 aliphatic carbocycles. The van der Waals surface area contributed by atoms with Crippen molar-refractivity contribution in [3.05, 3.63) is 44.3 Å². The maximum absolute atomic E-state index is 13.4. The highest BCUT2D eigenvalue weighted by molar-refractivity contribution is 9.11. The monoisotopic (exact) mass is 379 g/mol. The lowest BCUT2D eigenvalue weighted by Gasteiger charge is -2.10. The zero-order valence-electron chi connectivity index (χ0n) is 10.4. The van der Waals surface area contributed by atoms with Crippen LogP contribution >= 0.6 is 27.3 Å². The standard InChI is InChI=1S/C12H11BrFNO3S2/c1-7-9(14)3-2-4-10(7)15-20(17,18)11-5-8(6-16)19-12(11)13/h2-5,15-16H,6H2,1H3. The third kappa shape index (κ3) is 3.03. The molecule has 20 heavy (non-hydrogen) atoms. The van der Waals surface area contributed by atoms with Crippen LogP contribution in [0.4, 0.5) is 10.1 Å². The minimum absolute atomic E-state index is 0.0233. The second-order valence-electron chi connectivity index (χ2n) is 4.03. The van der Waals surface area contributed by atoms with Crippen molar-refractivity contribution in [2.24, 2.45) is 0 Å². The molecule has 0 atom stereocenters. The molecule has 4 nitrogen and oxygen atoms in total. The second kappa shape index (κ2) is 5.80. The predicted molar refractivity (Wildman–Crippen MR) is 79.9 cm³/mol. The highest BCUT2D eigenvalue weighted by Gasteiger charge is 2.22. The number of hydrogen-bond donors (Lipinski definition) is 2. The molecular weight excluding hydrogens is 369 g/mol. The van der Waals surface area contributed by atoms with Crippen molar-refractivity contribution in [1.82, 2.24) is 0 Å². The molecule has 2 N–H and O–H groups in total. The van der Waals surface area contributed by atoms with E-state index in [1.807, 2.05) is 0 Å². The van der Waals surface area contributed by atoms with Crippen molar-refractivity contribution in [2.45, 2.75) is 18.4 Å². The molecule has 8 heteroatoms. The van der Waals surface area contributed by atoms with Gasteiger partial charge in [0.1, 0.15) is 10.7 Å². The smallest absolute Gasteiger partial charge is 0.263 e. The van der Waals surface area contributed by atoms with Crippen molar-refractivity contribution in [1.29, 1.82) is 0 Å². The number of benzene rings is 1. The van der Waals surface area contributed by atoms with E-state index in [0.717, 1.165) is 11.3 Å². The van der Waals surface area contributed by atoms with Crippen LogP contribution in [-0.2, 0) is 16.6 Å². The predicted octanol–water partition coefficient (Wildman–Crippen LogP) is 3.25. The molecule has 0 aliphatic heterocycles. The SMILES string of the molecule is Cc1c(F)cccc1NS(=O)(=O)c1cc(CO)sc1Br. The van der Waals surface area contributed by atoms with Crippen LogP contribution in [0.1, 0.15) is 10.4 Å². The first-order valence-electron chi connectivity index (χ1n) is 5.52. The molecule has 0 fully saturated rings. The third-order valence-corrected chi connectivity index (χ3v) is 6.27. The summed E-state index contributed by atoms with van der Waals surface area (Å²) in [5, 5.41) is 9.04. The molecule has 0 spiro atoms. The normalized spacial score (nSPS) is 11.6. The molecule has 2 rings (SSSR count). The van der Waals surface area contributed by atoms with Crippen LogP contribution in [0.2, 0.25) is 0 Å². The molecular formula is C12H11BrFNO3S2. The number of aliphatic hydroxyl groups excluding tert-OH is 1. The summed E-state index contributed by atoms with van der Waals surface area (Å²) >= 11 is 4.29. The van der Waals surface area contributed by atoms with Gasteiger partial charge < -0.3 is 5.11 Å². The van der Waals surface area contributed by atoms with Gasteiger partial charge in [-0.15, -0.1) is 11.3 Å². The Kier molecular flexibility index (Phi) is 4.48. The summed E-state index contributed by atoms with van der Waals surface area (Å²) < 4.78 is 40.7. The third-order valence-electron chi connectivity index (χ3n) is 2.66. The van der Waals surface area contributed by atoms with Crippen molar-refractivity contribution in [2.75, 3.05) is 4.72 Å². The summed E-state index contributed by atoms with van der Waals surface area (Å²) in [6, 6.07) is 5.56. The molecule has 2 aromatic rings. The Morgan fingerprint density at radius 1 is 1.45 bits per heavy atom. The summed E-state index contributed by atoms with van der Waals surface area (Å²) in [5.74, 6) is -0.481. The lowest BCUT2D eigenvalue weighted by molar-refractivity contribution is 0.285. The van der Waals surface area contributed by atoms with Gasteiger partial charge in [-0.3, -0.25) is 4.72 Å². The summed E-state index contributed by atoms with van der Waals surface area (Å²) in [5.41, 5.74) is 0.415. The molecule has 1 aromatic carbocycles. The van der Waals surface area contributed by atoms with Crippen LogP contribution < -0.4 is 4.72 Å². The number of nitrogens with one attached hydrogen (secondary N) is 1. The van der Waals surface area contributed by atoms with Crippen molar-refractivity contribution < 1.29 is 17.9 Å². The fourth-order valence-electron chi connectivity index (χ4n) is 1.58. The summed E-state index contributed by atoms with van der Waals surface area (Å²) in [6.45, 7) is 1.26. The fraction of sp³-hybridized carbons (Fsp3) is 0.167. The molecule has 0 aliphatic rings. The van der Waals surface area contributed by atoms with Gasteiger partial charge in [0.2, 0.25) is 0 Å². The minimum atomic E-state index is -3.84. The van der Waals surface area contributed by atoms with E-state index >= 15 is 0 Å². The van der Waals surface area contributed by atoms with Gasteiger partial charge in [0.05, 0.1) is 16.1 Å². The number of thiophene rings is 1. The van der Waals surface area contributed by atoms with Gasteiger partial charge in [0.25, 0.3) is 10.0 Å². The Labute approximate surface area is 128 Å². The van der Waals surface area contributed by atoms with Crippen LogP contribution in [0.15, 0.2) is 32.9 Å². The Balaban J connectivity index is 2.40. The van der Waals surface area contributed by atoms with Gasteiger partial charge in [0, 0.05) is 10.4 Å². The first-order valence-corrected chi connectivity index (χ1v) is 8.61. The minimum Gasteiger partial charge on any atom is -0.391 e. The van der Waals surface area contributed by atoms with Crippen molar-refractivity contribution in [3.8, 4) is 0 Å². The number of hydrogen-bond acceptors (Lipinski definition) is 4. The topological polar surface area (TPSA) is 66.4 Å². The zero-order valence-corrected chi connectivity index (χ0v) is 13.6. The second-order valence-corrected chi connectivity index (χ2v) is 8.13. The number of sulfonamides is 1. The van der Waals surface area contributed by atoms with Crippen LogP contribution in [0.25, 0.3) is 0 Å². The summed E-state index contributed by atoms with van der Waals surface area (Å²) in [6.07, 6.45) is 0. The Morgan fingerprint density at radius 3 is 2.75 bits per heavy atom. The average molecular weight is 380 g/mol. The van der Waals surface area contributed by atoms with Crippen LogP contribution in [-0.4, -0.2) is 13.5 Å². The molecule has 0 unspecified atom stereocenters. The van der Waals surface area contributed by atoms with E-state index in [-0.39, 0.29) is 22.8 Å². The highest BCUT2D eigenvalue weighted by atomic mass is 79.9. The van der Waals surface area contributed by atoms with E-state index in [0.29, 0.717) is 8.66 Å². The Hall–Kier alpha value is -0.960. The quantitative estimate of drug-likeness (QED) is 0.856. The van der Waals surface area contributed by atoms with Gasteiger partial charge in [0.15, 0.2) is 0 Å². The molecule has 0 saturated carbocycles. The van der Waals surface area contributed by atoms with Gasteiger partial charge in [-0.25, -0.2) is 12.8 Å². The molecule has 108 valence electrons. The maximum atomic E-state index is 13.4. The number of aliphatic hydroxyl groups is 1. The van der Waals surface area contributed by atoms with Gasteiger partial charge >= 0.3 is 0 Å². The molecule has 0 radical (unpaired) electrons. The van der Waals surface area contributed by atoms with Crippen LogP contribution in [0, 0.1) is 12.7 Å². The molecule has 0 saturated heterocycles. The van der Waals surface area contributed by atoms with E-state index in [9.17, 15) is 12.8 Å². The molecule has 0 bridgehead atoms. The number of anilines is 1. The molecule has 1 heterocycles. The van der Waals surface area contributed by atoms with Crippen molar-refractivity contribution >= 4 is 43.0 Å². The van der Waals surface area contributed by atoms with Crippen LogP contribution in [0.3, 0.4) is 0 Å². The van der Waals surface area contributed by atoms with Gasteiger partial charge in [-0.05, 0) is 41.1 Å². The number of halogens is 2. The fourth-order valence-corrected chi connectivity index (χ4v) is 5.24. The van der Waals surface area contributed by atoms with E-state index in [1.165, 1.54) is 31.2 Å². The highest BCUT2D eigenvalue weighted by Crippen LogP contribution is 2.33. The van der Waals surface area contributed by atoms with Crippen molar-refractivity contribution in [3.63, 3.8) is 0 Å². The maximum Gasteiger partial charge on any atom is 0.263 e. The lowest BCUT2D eigenvalue weighted by Crippen LogP contribution is -2.13. The first-order chi connectivity index (χ1) is 9.35. The van der Waals surface area contributed by atoms with Gasteiger partial charge in [-0.2, -0.15) is 0 Å². The van der Waals surface area contributed by atoms with Crippen LogP contribution in [0.5, 0.6) is 0 Å². The first kappa shape index (κ1) is 15.4. The summed E-state index contributed by atoms with van der Waals surface area (Å²) in [4.78, 5) is 0.545. The Bertz CT molecular complexity index is 743. The largest absolute Gasteiger partial charge is 0.391 e. The van der Waals surface area contributed by atoms with Gasteiger partial charge in [-0.1, -0.05) is 6.07 Å². The average Bonchev–Trinajstić information content (AvgIpc) is 2.77. The van der Waals surface area contributed by atoms with E-state index in [2.05, 4.69) is 20.7 Å². The molecule has 0 amide bonds. The van der Waals surface area contributed by atoms with E-state index in [4.69, 9.17) is 5.11 Å². The van der Waals surface area contributed by atoms with E-state index in [1.54, 1.807) is 0 Å². The summed E-state index contributed by atoms with van der Waals surface area (Å²) in [7, 11) is -3.84. The molecule has 1 aromatic heterocycles. The zero-order chi connectivity index (χ0) is 14.9. The Morgan fingerprint density at radius 2 is 2.15 bits per heavy atom.